The van der Waals surface area contributed by atoms with E-state index in [4.69, 9.17) is 0 Å². The lowest BCUT2D eigenvalue weighted by Crippen LogP contribution is -2.41. The van der Waals surface area contributed by atoms with Gasteiger partial charge in [-0.3, -0.25) is 4.79 Å². The fraction of sp³-hybridized carbons (Fsp3) is 0.444. The maximum absolute atomic E-state index is 11.8. The molecule has 166 valence electrons. The SMILES string of the molecule is CCCC=CC=CC=CC=CCCC=CC=CC=CC(=O)NCC(O)(CC)CCC. The molecular formula is C27H41NO2. The summed E-state index contributed by atoms with van der Waals surface area (Å²) in [4.78, 5) is 11.8. The zero-order valence-electron chi connectivity index (χ0n) is 19.1. The van der Waals surface area contributed by atoms with Crippen LogP contribution >= 0.6 is 0 Å². The van der Waals surface area contributed by atoms with E-state index in [2.05, 4.69) is 42.6 Å². The second-order valence-electron chi connectivity index (χ2n) is 7.21. The molecule has 0 heterocycles. The van der Waals surface area contributed by atoms with Gasteiger partial charge in [0, 0.05) is 12.6 Å². The normalized spacial score (nSPS) is 15.2. The van der Waals surface area contributed by atoms with Crippen molar-refractivity contribution in [2.45, 2.75) is 71.3 Å². The van der Waals surface area contributed by atoms with Crippen LogP contribution in [0.4, 0.5) is 0 Å². The summed E-state index contributed by atoms with van der Waals surface area (Å²) in [5, 5.41) is 13.1. The molecular weight excluding hydrogens is 370 g/mol. The molecule has 1 amide bonds. The average Bonchev–Trinajstić information content (AvgIpc) is 2.74. The van der Waals surface area contributed by atoms with Gasteiger partial charge in [0.05, 0.1) is 5.60 Å². The second kappa shape index (κ2) is 19.9. The lowest BCUT2D eigenvalue weighted by molar-refractivity contribution is -0.117. The average molecular weight is 412 g/mol. The van der Waals surface area contributed by atoms with Crippen LogP contribution in [0.3, 0.4) is 0 Å². The van der Waals surface area contributed by atoms with E-state index in [9.17, 15) is 9.90 Å². The monoisotopic (exact) mass is 411 g/mol. The van der Waals surface area contributed by atoms with Crippen molar-refractivity contribution in [1.82, 2.24) is 5.32 Å². The number of unbranched alkanes of at least 4 members (excludes halogenated alkanes) is 2. The van der Waals surface area contributed by atoms with E-state index in [-0.39, 0.29) is 5.91 Å². The Morgan fingerprint density at radius 1 is 0.733 bits per heavy atom. The van der Waals surface area contributed by atoms with Gasteiger partial charge in [0.1, 0.15) is 0 Å². The summed E-state index contributed by atoms with van der Waals surface area (Å²) in [6.45, 7) is 6.43. The number of aliphatic hydroxyl groups is 1. The minimum Gasteiger partial charge on any atom is -0.388 e. The van der Waals surface area contributed by atoms with Gasteiger partial charge in [0.15, 0.2) is 0 Å². The fourth-order valence-corrected chi connectivity index (χ4v) is 2.58. The Kier molecular flexibility index (Phi) is 18.3. The topological polar surface area (TPSA) is 49.3 Å². The molecule has 0 saturated carbocycles. The quantitative estimate of drug-likeness (QED) is 0.173. The van der Waals surface area contributed by atoms with Gasteiger partial charge in [0.25, 0.3) is 0 Å². The van der Waals surface area contributed by atoms with Crippen LogP contribution in [0.2, 0.25) is 0 Å². The van der Waals surface area contributed by atoms with Gasteiger partial charge < -0.3 is 10.4 Å². The van der Waals surface area contributed by atoms with Crippen molar-refractivity contribution in [3.63, 3.8) is 0 Å². The van der Waals surface area contributed by atoms with Crippen LogP contribution in [0.25, 0.3) is 0 Å². The van der Waals surface area contributed by atoms with Crippen molar-refractivity contribution in [3.05, 3.63) is 85.1 Å². The maximum atomic E-state index is 11.8. The number of carbonyl (C=O) groups is 1. The molecule has 0 aliphatic heterocycles. The van der Waals surface area contributed by atoms with Crippen LogP contribution in [0.5, 0.6) is 0 Å². The standard InChI is InChI=1S/C27H41NO2/c1-4-7-8-9-10-11-12-13-14-15-16-17-18-19-20-21-22-23-26(29)28-25-27(30,6-3)24-5-2/h8-15,18-23,30H,4-7,16-17,24-25H2,1-3H3,(H,28,29). The molecule has 3 nitrogen and oxygen atoms in total. The van der Waals surface area contributed by atoms with Crippen molar-refractivity contribution in [2.75, 3.05) is 6.54 Å². The molecule has 0 rings (SSSR count). The van der Waals surface area contributed by atoms with E-state index in [1.165, 1.54) is 12.5 Å². The first-order chi connectivity index (χ1) is 14.6. The highest BCUT2D eigenvalue weighted by atomic mass is 16.3. The number of amides is 1. The molecule has 0 saturated heterocycles. The van der Waals surface area contributed by atoms with Crippen LogP contribution in [0.1, 0.15) is 65.7 Å². The van der Waals surface area contributed by atoms with Gasteiger partial charge >= 0.3 is 0 Å². The molecule has 0 aliphatic rings. The third kappa shape index (κ3) is 17.7. The largest absolute Gasteiger partial charge is 0.388 e. The Labute approximate surface area is 184 Å². The third-order valence-electron chi connectivity index (χ3n) is 4.47. The second-order valence-corrected chi connectivity index (χ2v) is 7.21. The lowest BCUT2D eigenvalue weighted by Gasteiger charge is -2.26. The molecule has 1 unspecified atom stereocenters. The first-order valence-electron chi connectivity index (χ1n) is 11.2. The minimum atomic E-state index is -0.802. The first kappa shape index (κ1) is 27.6. The molecule has 0 spiro atoms. The zero-order chi connectivity index (χ0) is 22.3. The van der Waals surface area contributed by atoms with E-state index in [0.717, 1.165) is 25.7 Å². The van der Waals surface area contributed by atoms with Gasteiger partial charge in [-0.25, -0.2) is 0 Å². The van der Waals surface area contributed by atoms with Gasteiger partial charge in [0.2, 0.25) is 5.91 Å². The van der Waals surface area contributed by atoms with Crippen molar-refractivity contribution >= 4 is 5.91 Å². The zero-order valence-corrected chi connectivity index (χ0v) is 19.1. The Morgan fingerprint density at radius 2 is 1.23 bits per heavy atom. The summed E-state index contributed by atoms with van der Waals surface area (Å²) >= 11 is 0. The smallest absolute Gasteiger partial charge is 0.244 e. The summed E-state index contributed by atoms with van der Waals surface area (Å²) in [7, 11) is 0. The van der Waals surface area contributed by atoms with Crippen LogP contribution in [-0.2, 0) is 4.79 Å². The summed E-state index contributed by atoms with van der Waals surface area (Å²) < 4.78 is 0. The van der Waals surface area contributed by atoms with Crippen LogP contribution < -0.4 is 5.32 Å². The Hall–Kier alpha value is -2.39. The molecule has 0 aromatic rings. The van der Waals surface area contributed by atoms with E-state index in [0.29, 0.717) is 19.4 Å². The summed E-state index contributed by atoms with van der Waals surface area (Å²) in [6.07, 6.45) is 34.1. The number of nitrogens with one attached hydrogen (secondary N) is 1. The van der Waals surface area contributed by atoms with E-state index in [1.54, 1.807) is 6.08 Å². The van der Waals surface area contributed by atoms with Gasteiger partial charge in [-0.1, -0.05) is 113 Å². The van der Waals surface area contributed by atoms with E-state index >= 15 is 0 Å². The van der Waals surface area contributed by atoms with Crippen LogP contribution in [-0.4, -0.2) is 23.2 Å². The maximum Gasteiger partial charge on any atom is 0.244 e. The molecule has 0 fully saturated rings. The number of hydrogen-bond acceptors (Lipinski definition) is 2. The number of carbonyl (C=O) groups excluding carboxylic acids is 1. The molecule has 2 N–H and O–H groups in total. The molecule has 0 bridgehead atoms. The molecule has 30 heavy (non-hydrogen) atoms. The summed E-state index contributed by atoms with van der Waals surface area (Å²) in [5.74, 6) is -0.184. The molecule has 0 aromatic carbocycles. The minimum absolute atomic E-state index is 0.184. The highest BCUT2D eigenvalue weighted by Crippen LogP contribution is 2.15. The number of hydrogen-bond donors (Lipinski definition) is 2. The highest BCUT2D eigenvalue weighted by Gasteiger charge is 2.23. The van der Waals surface area contributed by atoms with Crippen molar-refractivity contribution in [1.29, 1.82) is 0 Å². The van der Waals surface area contributed by atoms with Gasteiger partial charge in [-0.2, -0.15) is 0 Å². The number of allylic oxidation sites excluding steroid dienone is 13. The van der Waals surface area contributed by atoms with Crippen molar-refractivity contribution < 1.29 is 9.90 Å². The number of rotatable bonds is 16. The van der Waals surface area contributed by atoms with Crippen molar-refractivity contribution in [3.8, 4) is 0 Å². The lowest BCUT2D eigenvalue weighted by atomic mass is 9.95. The highest BCUT2D eigenvalue weighted by molar-refractivity contribution is 5.87. The Balaban J connectivity index is 3.94. The molecule has 0 radical (unpaired) electrons. The van der Waals surface area contributed by atoms with E-state index in [1.807, 2.05) is 56.4 Å². The Bertz CT molecular complexity index is 635. The molecule has 0 aromatic heterocycles. The fourth-order valence-electron chi connectivity index (χ4n) is 2.58. The predicted octanol–water partition coefficient (Wildman–Crippen LogP) is 6.52. The summed E-state index contributed by atoms with van der Waals surface area (Å²) in [6, 6.07) is 0. The van der Waals surface area contributed by atoms with Gasteiger partial charge in [-0.05, 0) is 32.1 Å². The summed E-state index contributed by atoms with van der Waals surface area (Å²) in [5.41, 5.74) is -0.802. The van der Waals surface area contributed by atoms with Crippen LogP contribution in [0, 0.1) is 0 Å². The van der Waals surface area contributed by atoms with Crippen LogP contribution in [0.15, 0.2) is 85.1 Å². The van der Waals surface area contributed by atoms with Gasteiger partial charge in [-0.15, -0.1) is 0 Å². The Morgan fingerprint density at radius 3 is 1.73 bits per heavy atom. The van der Waals surface area contributed by atoms with E-state index < -0.39 is 5.60 Å². The first-order valence-corrected chi connectivity index (χ1v) is 11.2. The predicted molar refractivity (Wildman–Crippen MR) is 131 cm³/mol. The molecule has 0 aliphatic carbocycles. The third-order valence-corrected chi connectivity index (χ3v) is 4.47. The molecule has 1 atom stereocenters. The van der Waals surface area contributed by atoms with Crippen molar-refractivity contribution in [2.24, 2.45) is 0 Å². The molecule has 3 heteroatoms.